The second-order valence-corrected chi connectivity index (χ2v) is 9.44. The molecule has 172 valence electrons. The van der Waals surface area contributed by atoms with Gasteiger partial charge in [-0.05, 0) is 48.5 Å². The topological polar surface area (TPSA) is 84.9 Å². The quantitative estimate of drug-likeness (QED) is 0.556. The highest BCUT2D eigenvalue weighted by atomic mass is 35.5. The Morgan fingerprint density at radius 1 is 1.06 bits per heavy atom. The molecule has 1 heterocycles. The first kappa shape index (κ1) is 22.9. The molecule has 1 aliphatic rings. The lowest BCUT2D eigenvalue weighted by atomic mass is 10.1. The van der Waals surface area contributed by atoms with Gasteiger partial charge in [0.05, 0.1) is 4.90 Å². The van der Waals surface area contributed by atoms with Crippen LogP contribution in [0.1, 0.15) is 15.9 Å². The summed E-state index contributed by atoms with van der Waals surface area (Å²) < 4.78 is 52.8. The molecular formula is C23H20ClFN2O5S. The summed E-state index contributed by atoms with van der Waals surface area (Å²) in [6.07, 6.45) is 0. The molecule has 0 saturated carbocycles. The van der Waals surface area contributed by atoms with E-state index < -0.39 is 15.8 Å². The van der Waals surface area contributed by atoms with Crippen LogP contribution in [0.5, 0.6) is 11.5 Å². The monoisotopic (exact) mass is 490 g/mol. The highest BCUT2D eigenvalue weighted by Crippen LogP contribution is 2.32. The summed E-state index contributed by atoms with van der Waals surface area (Å²) in [5.41, 5.74) is 0.812. The predicted octanol–water partition coefficient (Wildman–Crippen LogP) is 4.32. The zero-order valence-electron chi connectivity index (χ0n) is 17.5. The van der Waals surface area contributed by atoms with Crippen molar-refractivity contribution in [2.75, 3.05) is 25.0 Å². The van der Waals surface area contributed by atoms with Gasteiger partial charge in [0, 0.05) is 41.5 Å². The maximum absolute atomic E-state index is 14.0. The number of nitrogens with zero attached hydrogens (tertiary/aromatic N) is 1. The van der Waals surface area contributed by atoms with Crippen LogP contribution < -0.4 is 14.2 Å². The van der Waals surface area contributed by atoms with Crippen LogP contribution in [0.25, 0.3) is 0 Å². The minimum Gasteiger partial charge on any atom is -0.486 e. The number of halogens is 2. The maximum Gasteiger partial charge on any atom is 0.262 e. The number of rotatable bonds is 6. The van der Waals surface area contributed by atoms with Gasteiger partial charge in [0.15, 0.2) is 11.5 Å². The number of amides is 1. The number of carbonyl (C=O) groups excluding carboxylic acids is 1. The summed E-state index contributed by atoms with van der Waals surface area (Å²) in [5.74, 6) is -0.00599. The lowest BCUT2D eigenvalue weighted by molar-refractivity contribution is 0.0784. The van der Waals surface area contributed by atoms with Crippen LogP contribution >= 0.6 is 11.6 Å². The van der Waals surface area contributed by atoms with E-state index in [0.717, 1.165) is 0 Å². The molecule has 33 heavy (non-hydrogen) atoms. The van der Waals surface area contributed by atoms with Gasteiger partial charge in [-0.3, -0.25) is 9.52 Å². The SMILES string of the molecule is CN(Cc1c(F)cccc1Cl)C(=O)c1ccc(NS(=O)(=O)c2ccc3c(c2)OCCO3)cc1. The summed E-state index contributed by atoms with van der Waals surface area (Å²) in [4.78, 5) is 14.1. The lowest BCUT2D eigenvalue weighted by Crippen LogP contribution is -2.26. The third kappa shape index (κ3) is 5.04. The molecule has 1 aliphatic heterocycles. The van der Waals surface area contributed by atoms with E-state index >= 15 is 0 Å². The maximum atomic E-state index is 14.0. The van der Waals surface area contributed by atoms with Crippen LogP contribution in [0.4, 0.5) is 10.1 Å². The van der Waals surface area contributed by atoms with E-state index in [1.165, 1.54) is 60.5 Å². The lowest BCUT2D eigenvalue weighted by Gasteiger charge is -2.19. The van der Waals surface area contributed by atoms with Gasteiger partial charge in [-0.15, -0.1) is 0 Å². The van der Waals surface area contributed by atoms with E-state index in [4.69, 9.17) is 21.1 Å². The molecule has 7 nitrogen and oxygen atoms in total. The van der Waals surface area contributed by atoms with Crippen LogP contribution in [0.3, 0.4) is 0 Å². The Labute approximate surface area is 195 Å². The van der Waals surface area contributed by atoms with E-state index in [9.17, 15) is 17.6 Å². The standard InChI is InChI=1S/C23H20ClFN2O5S/c1-27(14-18-19(24)3-2-4-20(18)25)23(28)15-5-7-16(8-6-15)26-33(29,30)17-9-10-21-22(13-17)32-12-11-31-21/h2-10,13,26H,11-12,14H2,1H3. The van der Waals surface area contributed by atoms with Gasteiger partial charge < -0.3 is 14.4 Å². The molecule has 10 heteroatoms. The summed E-state index contributed by atoms with van der Waals surface area (Å²) in [6.45, 7) is 0.741. The Morgan fingerprint density at radius 3 is 2.45 bits per heavy atom. The van der Waals surface area contributed by atoms with Gasteiger partial charge in [0.25, 0.3) is 15.9 Å². The summed E-state index contributed by atoms with van der Waals surface area (Å²) in [6, 6.07) is 14.6. The van der Waals surface area contributed by atoms with Crippen molar-refractivity contribution < 1.29 is 27.1 Å². The Bertz CT molecular complexity index is 1280. The molecule has 3 aromatic carbocycles. The van der Waals surface area contributed by atoms with Crippen molar-refractivity contribution in [2.45, 2.75) is 11.4 Å². The number of ether oxygens (including phenoxy) is 2. The largest absolute Gasteiger partial charge is 0.486 e. The molecule has 0 atom stereocenters. The Morgan fingerprint density at radius 2 is 1.76 bits per heavy atom. The summed E-state index contributed by atoms with van der Waals surface area (Å²) in [7, 11) is -2.35. The van der Waals surface area contributed by atoms with Crippen LogP contribution in [-0.2, 0) is 16.6 Å². The molecule has 3 aromatic rings. The van der Waals surface area contributed by atoms with Crippen molar-refractivity contribution in [1.82, 2.24) is 4.90 Å². The molecule has 0 fully saturated rings. The van der Waals surface area contributed by atoms with Crippen molar-refractivity contribution in [3.05, 3.63) is 82.6 Å². The molecule has 4 rings (SSSR count). The molecule has 0 aliphatic carbocycles. The van der Waals surface area contributed by atoms with Crippen LogP contribution in [0.15, 0.2) is 65.6 Å². The van der Waals surface area contributed by atoms with Crippen LogP contribution in [0, 0.1) is 5.82 Å². The fraction of sp³-hybridized carbons (Fsp3) is 0.174. The Kier molecular flexibility index (Phi) is 6.44. The second kappa shape index (κ2) is 9.29. The van der Waals surface area contributed by atoms with Crippen molar-refractivity contribution in [3.63, 3.8) is 0 Å². The molecule has 0 radical (unpaired) electrons. The first-order chi connectivity index (χ1) is 15.7. The van der Waals surface area contributed by atoms with E-state index in [1.54, 1.807) is 12.1 Å². The van der Waals surface area contributed by atoms with Crippen LogP contribution in [-0.4, -0.2) is 39.5 Å². The Balaban J connectivity index is 1.46. The van der Waals surface area contributed by atoms with Gasteiger partial charge in [0.2, 0.25) is 0 Å². The zero-order chi connectivity index (χ0) is 23.6. The van der Waals surface area contributed by atoms with Gasteiger partial charge in [-0.25, -0.2) is 12.8 Å². The number of nitrogens with one attached hydrogen (secondary N) is 1. The fourth-order valence-corrected chi connectivity index (χ4v) is 4.59. The molecule has 0 spiro atoms. The third-order valence-corrected chi connectivity index (χ3v) is 6.74. The van der Waals surface area contributed by atoms with Crippen molar-refractivity contribution >= 4 is 33.2 Å². The highest BCUT2D eigenvalue weighted by Gasteiger charge is 2.20. The average Bonchev–Trinajstić information content (AvgIpc) is 2.81. The van der Waals surface area contributed by atoms with E-state index in [1.807, 2.05) is 0 Å². The van der Waals surface area contributed by atoms with Gasteiger partial charge in [0.1, 0.15) is 19.0 Å². The number of carbonyl (C=O) groups is 1. The minimum absolute atomic E-state index is 0.0111. The summed E-state index contributed by atoms with van der Waals surface area (Å²) >= 11 is 6.04. The van der Waals surface area contributed by atoms with Gasteiger partial charge in [-0.1, -0.05) is 17.7 Å². The summed E-state index contributed by atoms with van der Waals surface area (Å²) in [5, 5.41) is 0.235. The van der Waals surface area contributed by atoms with Crippen molar-refractivity contribution in [2.24, 2.45) is 0 Å². The average molecular weight is 491 g/mol. The molecule has 1 N–H and O–H groups in total. The smallest absolute Gasteiger partial charge is 0.262 e. The minimum atomic E-state index is -3.88. The van der Waals surface area contributed by atoms with Gasteiger partial charge in [-0.2, -0.15) is 0 Å². The highest BCUT2D eigenvalue weighted by molar-refractivity contribution is 7.92. The number of hydrogen-bond acceptors (Lipinski definition) is 5. The molecule has 0 unspecified atom stereocenters. The zero-order valence-corrected chi connectivity index (χ0v) is 19.1. The first-order valence-electron chi connectivity index (χ1n) is 9.95. The molecular weight excluding hydrogens is 471 g/mol. The van der Waals surface area contributed by atoms with E-state index in [2.05, 4.69) is 4.72 Å². The number of fused-ring (bicyclic) bond motifs is 1. The number of anilines is 1. The molecule has 0 aromatic heterocycles. The first-order valence-corrected chi connectivity index (χ1v) is 11.8. The second-order valence-electron chi connectivity index (χ2n) is 7.35. The molecule has 1 amide bonds. The normalized spacial score (nSPS) is 12.8. The van der Waals surface area contributed by atoms with Crippen molar-refractivity contribution in [1.29, 1.82) is 0 Å². The Hall–Kier alpha value is -3.30. The third-order valence-electron chi connectivity index (χ3n) is 5.01. The van der Waals surface area contributed by atoms with Crippen LogP contribution in [0.2, 0.25) is 5.02 Å². The predicted molar refractivity (Wildman–Crippen MR) is 122 cm³/mol. The molecule has 0 saturated heterocycles. The number of hydrogen-bond donors (Lipinski definition) is 1. The molecule has 0 bridgehead atoms. The fourth-order valence-electron chi connectivity index (χ4n) is 3.30. The van der Waals surface area contributed by atoms with E-state index in [-0.39, 0.29) is 33.6 Å². The van der Waals surface area contributed by atoms with Gasteiger partial charge >= 0.3 is 0 Å². The van der Waals surface area contributed by atoms with E-state index in [0.29, 0.717) is 30.3 Å². The number of sulfonamides is 1. The van der Waals surface area contributed by atoms with Crippen molar-refractivity contribution in [3.8, 4) is 11.5 Å². The number of benzene rings is 3.